The molecule has 1 rings (SSSR count). The van der Waals surface area contributed by atoms with Crippen LogP contribution >= 0.6 is 23.4 Å². The second-order valence-electron chi connectivity index (χ2n) is 3.16. The summed E-state index contributed by atoms with van der Waals surface area (Å²) in [7, 11) is 0. The molecular weight excluding hydrogens is 218 g/mol. The van der Waals surface area contributed by atoms with E-state index < -0.39 is 0 Å². The van der Waals surface area contributed by atoms with E-state index in [1.807, 2.05) is 11.8 Å². The molecule has 5 heteroatoms. The molecule has 1 heterocycles. The minimum absolute atomic E-state index is 0.573. The lowest BCUT2D eigenvalue weighted by atomic mass is 10.2. The Morgan fingerprint density at radius 3 is 3.07 bits per heavy atom. The summed E-state index contributed by atoms with van der Waals surface area (Å²) >= 11 is 7.74. The van der Waals surface area contributed by atoms with Crippen LogP contribution in [-0.4, -0.2) is 28.5 Å². The molecule has 14 heavy (non-hydrogen) atoms. The van der Waals surface area contributed by atoms with Crippen LogP contribution in [0.3, 0.4) is 0 Å². The molecule has 0 fully saturated rings. The number of rotatable bonds is 5. The highest BCUT2D eigenvalue weighted by molar-refractivity contribution is 7.98. The van der Waals surface area contributed by atoms with Gasteiger partial charge in [-0.1, -0.05) is 18.5 Å². The first-order valence-electron chi connectivity index (χ1n) is 4.42. The van der Waals surface area contributed by atoms with Crippen molar-refractivity contribution in [3.63, 3.8) is 0 Å². The summed E-state index contributed by atoms with van der Waals surface area (Å²) in [5.74, 6) is 2.46. The maximum atomic E-state index is 5.89. The third-order valence-corrected chi connectivity index (χ3v) is 2.92. The second-order valence-corrected chi connectivity index (χ2v) is 4.48. The van der Waals surface area contributed by atoms with Gasteiger partial charge in [-0.15, -0.1) is 0 Å². The smallest absolute Gasteiger partial charge is 0.148 e. The largest absolute Gasteiger partial charge is 0.368 e. The third kappa shape index (κ3) is 3.72. The van der Waals surface area contributed by atoms with Crippen molar-refractivity contribution in [2.75, 3.05) is 23.9 Å². The van der Waals surface area contributed by atoms with Gasteiger partial charge in [0.2, 0.25) is 0 Å². The van der Waals surface area contributed by atoms with E-state index in [4.69, 9.17) is 11.6 Å². The summed E-state index contributed by atoms with van der Waals surface area (Å²) in [6.45, 7) is 3.08. The number of anilines is 1. The average molecular weight is 232 g/mol. The van der Waals surface area contributed by atoms with Crippen molar-refractivity contribution in [3.8, 4) is 0 Å². The molecule has 3 nitrogen and oxygen atoms in total. The van der Waals surface area contributed by atoms with Gasteiger partial charge in [-0.2, -0.15) is 11.8 Å². The van der Waals surface area contributed by atoms with Crippen LogP contribution in [0.2, 0.25) is 5.02 Å². The zero-order valence-corrected chi connectivity index (χ0v) is 9.90. The highest BCUT2D eigenvalue weighted by Crippen LogP contribution is 2.16. The quantitative estimate of drug-likeness (QED) is 0.845. The minimum Gasteiger partial charge on any atom is -0.368 e. The molecule has 1 unspecified atom stereocenters. The molecule has 1 N–H and O–H groups in total. The summed E-state index contributed by atoms with van der Waals surface area (Å²) < 4.78 is 0. The van der Waals surface area contributed by atoms with E-state index in [0.717, 1.165) is 18.1 Å². The maximum absolute atomic E-state index is 5.89. The number of halogens is 1. The summed E-state index contributed by atoms with van der Waals surface area (Å²) in [5.41, 5.74) is 0. The van der Waals surface area contributed by atoms with Crippen LogP contribution in [0.1, 0.15) is 6.92 Å². The molecule has 1 aromatic rings. The highest BCUT2D eigenvalue weighted by atomic mass is 35.5. The van der Waals surface area contributed by atoms with Crippen LogP contribution in [0.4, 0.5) is 5.82 Å². The van der Waals surface area contributed by atoms with Crippen molar-refractivity contribution in [2.45, 2.75) is 6.92 Å². The van der Waals surface area contributed by atoms with E-state index >= 15 is 0 Å². The third-order valence-electron chi connectivity index (χ3n) is 1.74. The van der Waals surface area contributed by atoms with Gasteiger partial charge in [0.15, 0.2) is 0 Å². The normalized spacial score (nSPS) is 12.5. The lowest BCUT2D eigenvalue weighted by Crippen LogP contribution is -2.14. The molecule has 0 aliphatic carbocycles. The van der Waals surface area contributed by atoms with Crippen LogP contribution in [0, 0.1) is 5.92 Å². The second kappa shape index (κ2) is 6.09. The fraction of sp³-hybridized carbons (Fsp3) is 0.556. The van der Waals surface area contributed by atoms with Crippen molar-refractivity contribution < 1.29 is 0 Å². The van der Waals surface area contributed by atoms with E-state index in [0.29, 0.717) is 10.9 Å². The molecule has 0 saturated heterocycles. The van der Waals surface area contributed by atoms with Crippen molar-refractivity contribution in [1.29, 1.82) is 0 Å². The van der Waals surface area contributed by atoms with Crippen molar-refractivity contribution in [1.82, 2.24) is 9.97 Å². The van der Waals surface area contributed by atoms with Crippen LogP contribution in [0.15, 0.2) is 12.5 Å². The molecule has 1 atom stereocenters. The topological polar surface area (TPSA) is 37.8 Å². The molecule has 0 radical (unpaired) electrons. The molecule has 1 aromatic heterocycles. The van der Waals surface area contributed by atoms with Gasteiger partial charge in [-0.3, -0.25) is 0 Å². The Morgan fingerprint density at radius 2 is 2.43 bits per heavy atom. The summed E-state index contributed by atoms with van der Waals surface area (Å²) in [4.78, 5) is 7.87. The van der Waals surface area contributed by atoms with E-state index in [1.165, 1.54) is 6.33 Å². The number of nitrogens with one attached hydrogen (secondary N) is 1. The number of thioether (sulfide) groups is 1. The van der Waals surface area contributed by atoms with E-state index in [-0.39, 0.29) is 0 Å². The predicted molar refractivity (Wildman–Crippen MR) is 63.1 cm³/mol. The minimum atomic E-state index is 0.573. The zero-order chi connectivity index (χ0) is 10.4. The Bertz CT molecular complexity index is 283. The van der Waals surface area contributed by atoms with Crippen molar-refractivity contribution in [2.24, 2.45) is 5.92 Å². The van der Waals surface area contributed by atoms with Crippen molar-refractivity contribution >= 4 is 29.2 Å². The molecule has 0 aliphatic heterocycles. The maximum Gasteiger partial charge on any atom is 0.148 e. The van der Waals surface area contributed by atoms with Crippen LogP contribution < -0.4 is 5.32 Å². The van der Waals surface area contributed by atoms with Gasteiger partial charge in [-0.05, 0) is 17.9 Å². The summed E-state index contributed by atoms with van der Waals surface area (Å²) in [6.07, 6.45) is 5.19. The lowest BCUT2D eigenvalue weighted by molar-refractivity contribution is 0.699. The Labute approximate surface area is 93.7 Å². The highest BCUT2D eigenvalue weighted by Gasteiger charge is 2.03. The van der Waals surface area contributed by atoms with E-state index in [2.05, 4.69) is 28.5 Å². The first kappa shape index (κ1) is 11.6. The number of nitrogens with zero attached hydrogens (tertiary/aromatic N) is 2. The Kier molecular flexibility index (Phi) is 5.04. The van der Waals surface area contributed by atoms with Gasteiger partial charge in [0.25, 0.3) is 0 Å². The molecule has 0 aliphatic rings. The van der Waals surface area contributed by atoms with Gasteiger partial charge < -0.3 is 5.32 Å². The number of hydrogen-bond donors (Lipinski definition) is 1. The van der Waals surface area contributed by atoms with Crippen LogP contribution in [0.25, 0.3) is 0 Å². The number of hydrogen-bond acceptors (Lipinski definition) is 4. The first-order valence-corrected chi connectivity index (χ1v) is 6.19. The standard InChI is InChI=1S/C9H14ClN3S/c1-7(5-14-2)3-12-9-8(10)4-11-6-13-9/h4,6-7H,3,5H2,1-2H3,(H,11,12,13). The SMILES string of the molecule is CSCC(C)CNc1ncncc1Cl. The summed E-state index contributed by atoms with van der Waals surface area (Å²) in [5, 5.41) is 3.77. The fourth-order valence-corrected chi connectivity index (χ4v) is 1.92. The molecular formula is C9H14ClN3S. The Hall–Kier alpha value is -0.480. The molecule has 78 valence electrons. The molecule has 0 spiro atoms. The Morgan fingerprint density at radius 1 is 1.64 bits per heavy atom. The predicted octanol–water partition coefficient (Wildman–Crippen LogP) is 2.54. The fourth-order valence-electron chi connectivity index (χ4n) is 1.06. The molecule has 0 aromatic carbocycles. The monoisotopic (exact) mass is 231 g/mol. The van der Waals surface area contributed by atoms with E-state index in [9.17, 15) is 0 Å². The van der Waals surface area contributed by atoms with Gasteiger partial charge in [0.1, 0.15) is 17.2 Å². The van der Waals surface area contributed by atoms with Gasteiger partial charge in [0.05, 0.1) is 6.20 Å². The van der Waals surface area contributed by atoms with Gasteiger partial charge >= 0.3 is 0 Å². The van der Waals surface area contributed by atoms with Crippen molar-refractivity contribution in [3.05, 3.63) is 17.5 Å². The Balaban J connectivity index is 2.41. The zero-order valence-electron chi connectivity index (χ0n) is 8.33. The molecule has 0 amide bonds. The summed E-state index contributed by atoms with van der Waals surface area (Å²) in [6, 6.07) is 0. The van der Waals surface area contributed by atoms with Gasteiger partial charge in [-0.25, -0.2) is 9.97 Å². The average Bonchev–Trinajstić information content (AvgIpc) is 2.17. The van der Waals surface area contributed by atoms with Gasteiger partial charge in [0, 0.05) is 6.54 Å². The lowest BCUT2D eigenvalue weighted by Gasteiger charge is -2.11. The number of aromatic nitrogens is 2. The first-order chi connectivity index (χ1) is 6.74. The van der Waals surface area contributed by atoms with E-state index in [1.54, 1.807) is 6.20 Å². The van der Waals surface area contributed by atoms with Crippen LogP contribution in [-0.2, 0) is 0 Å². The molecule has 0 saturated carbocycles. The van der Waals surface area contributed by atoms with Crippen LogP contribution in [0.5, 0.6) is 0 Å². The molecule has 0 bridgehead atoms.